The average Bonchev–Trinajstić information content (AvgIpc) is 3.09. The van der Waals surface area contributed by atoms with Crippen molar-refractivity contribution in [1.82, 2.24) is 10.2 Å². The number of amides is 2. The van der Waals surface area contributed by atoms with Gasteiger partial charge in [-0.1, -0.05) is 23.8 Å². The van der Waals surface area contributed by atoms with Crippen LogP contribution >= 0.6 is 11.3 Å². The van der Waals surface area contributed by atoms with E-state index in [1.807, 2.05) is 53.6 Å². The summed E-state index contributed by atoms with van der Waals surface area (Å²) in [4.78, 5) is 27.2. The lowest BCUT2D eigenvalue weighted by Gasteiger charge is -2.32. The monoisotopic (exact) mass is 328 g/mol. The average molecular weight is 328 g/mol. The van der Waals surface area contributed by atoms with E-state index in [4.69, 9.17) is 0 Å². The maximum absolute atomic E-state index is 12.3. The number of nitrogens with one attached hydrogen (secondary N) is 1. The topological polar surface area (TPSA) is 49.4 Å². The predicted octanol–water partition coefficient (Wildman–Crippen LogP) is 3.09. The van der Waals surface area contributed by atoms with Crippen molar-refractivity contribution in [2.24, 2.45) is 0 Å². The van der Waals surface area contributed by atoms with Gasteiger partial charge in [0.25, 0.3) is 11.8 Å². The third-order valence-electron chi connectivity index (χ3n) is 4.13. The first-order chi connectivity index (χ1) is 11.1. The summed E-state index contributed by atoms with van der Waals surface area (Å²) >= 11 is 1.47. The van der Waals surface area contributed by atoms with Crippen molar-refractivity contribution in [2.75, 3.05) is 13.1 Å². The van der Waals surface area contributed by atoms with Crippen LogP contribution in [-0.2, 0) is 0 Å². The van der Waals surface area contributed by atoms with Crippen LogP contribution in [0.2, 0.25) is 0 Å². The molecule has 5 heteroatoms. The van der Waals surface area contributed by atoms with Gasteiger partial charge in [0.05, 0.1) is 4.88 Å². The molecule has 4 nitrogen and oxygen atoms in total. The molecule has 0 bridgehead atoms. The quantitative estimate of drug-likeness (QED) is 0.941. The van der Waals surface area contributed by atoms with Gasteiger partial charge >= 0.3 is 0 Å². The fourth-order valence-electron chi connectivity index (χ4n) is 2.84. The minimum absolute atomic E-state index is 0.0308. The molecule has 1 aromatic heterocycles. The number of carbonyl (C=O) groups is 2. The summed E-state index contributed by atoms with van der Waals surface area (Å²) in [6.45, 7) is 3.36. The summed E-state index contributed by atoms with van der Waals surface area (Å²) in [5.74, 6) is 0.0696. The van der Waals surface area contributed by atoms with Crippen molar-refractivity contribution >= 4 is 23.2 Å². The highest BCUT2D eigenvalue weighted by Gasteiger charge is 2.25. The Morgan fingerprint density at radius 2 is 1.96 bits per heavy atom. The molecule has 2 heterocycles. The second-order valence-corrected chi connectivity index (χ2v) is 6.83. The zero-order valence-electron chi connectivity index (χ0n) is 13.1. The van der Waals surface area contributed by atoms with Gasteiger partial charge in [0.2, 0.25) is 0 Å². The highest BCUT2D eigenvalue weighted by molar-refractivity contribution is 7.12. The first kappa shape index (κ1) is 15.7. The van der Waals surface area contributed by atoms with Gasteiger partial charge in [0.15, 0.2) is 0 Å². The molecule has 1 fully saturated rings. The number of thiophene rings is 1. The molecule has 0 spiro atoms. The second kappa shape index (κ2) is 6.96. The van der Waals surface area contributed by atoms with E-state index in [1.165, 1.54) is 11.3 Å². The molecule has 1 aliphatic rings. The zero-order valence-corrected chi connectivity index (χ0v) is 13.9. The lowest BCUT2D eigenvalue weighted by molar-refractivity contribution is 0.0703. The van der Waals surface area contributed by atoms with Gasteiger partial charge in [-0.25, -0.2) is 0 Å². The molecule has 1 N–H and O–H groups in total. The van der Waals surface area contributed by atoms with Crippen LogP contribution in [0.25, 0.3) is 0 Å². The summed E-state index contributed by atoms with van der Waals surface area (Å²) in [6, 6.07) is 11.5. The molecule has 1 saturated heterocycles. The largest absolute Gasteiger partial charge is 0.349 e. The van der Waals surface area contributed by atoms with E-state index < -0.39 is 0 Å². The summed E-state index contributed by atoms with van der Waals surface area (Å²) in [7, 11) is 0. The molecular weight excluding hydrogens is 308 g/mol. The molecule has 3 rings (SSSR count). The normalized spacial score (nSPS) is 15.4. The van der Waals surface area contributed by atoms with Crippen LogP contribution in [0, 0.1) is 6.92 Å². The number of hydrogen-bond acceptors (Lipinski definition) is 3. The Morgan fingerprint density at radius 1 is 1.17 bits per heavy atom. The molecule has 2 aromatic rings. The van der Waals surface area contributed by atoms with Gasteiger partial charge in [-0.05, 0) is 43.3 Å². The first-order valence-electron chi connectivity index (χ1n) is 7.84. The molecule has 2 amide bonds. The van der Waals surface area contributed by atoms with Crippen molar-refractivity contribution in [3.63, 3.8) is 0 Å². The number of nitrogens with zero attached hydrogens (tertiary/aromatic N) is 1. The summed E-state index contributed by atoms with van der Waals surface area (Å²) in [5, 5.41) is 5.00. The Hall–Kier alpha value is -2.14. The SMILES string of the molecule is Cc1cccc(C(=O)NC2CCN(C(=O)c3cccs3)CC2)c1. The molecule has 0 saturated carbocycles. The van der Waals surface area contributed by atoms with Gasteiger partial charge in [-0.2, -0.15) is 0 Å². The first-order valence-corrected chi connectivity index (χ1v) is 8.72. The molecule has 0 atom stereocenters. The van der Waals surface area contributed by atoms with Crippen LogP contribution in [0.5, 0.6) is 0 Å². The van der Waals surface area contributed by atoms with Crippen LogP contribution in [0.4, 0.5) is 0 Å². The van der Waals surface area contributed by atoms with Crippen molar-refractivity contribution < 1.29 is 9.59 Å². The molecule has 1 aromatic carbocycles. The van der Waals surface area contributed by atoms with Gasteiger partial charge in [0, 0.05) is 24.7 Å². The summed E-state index contributed by atoms with van der Waals surface area (Å²) in [5.41, 5.74) is 1.77. The smallest absolute Gasteiger partial charge is 0.263 e. The molecule has 0 radical (unpaired) electrons. The van der Waals surface area contributed by atoms with Crippen LogP contribution in [0.1, 0.15) is 38.4 Å². The number of aryl methyl sites for hydroxylation is 1. The van der Waals surface area contributed by atoms with E-state index in [0.717, 1.165) is 23.3 Å². The number of carbonyl (C=O) groups excluding carboxylic acids is 2. The van der Waals surface area contributed by atoms with Crippen LogP contribution < -0.4 is 5.32 Å². The zero-order chi connectivity index (χ0) is 16.2. The summed E-state index contributed by atoms with van der Waals surface area (Å²) in [6.07, 6.45) is 1.60. The Bertz CT molecular complexity index is 689. The molecule has 23 heavy (non-hydrogen) atoms. The maximum Gasteiger partial charge on any atom is 0.263 e. The highest BCUT2D eigenvalue weighted by atomic mass is 32.1. The van der Waals surface area contributed by atoms with E-state index in [2.05, 4.69) is 5.32 Å². The lowest BCUT2D eigenvalue weighted by atomic mass is 10.0. The van der Waals surface area contributed by atoms with E-state index >= 15 is 0 Å². The Kier molecular flexibility index (Phi) is 4.76. The maximum atomic E-state index is 12.3. The van der Waals surface area contributed by atoms with E-state index in [-0.39, 0.29) is 17.9 Å². The van der Waals surface area contributed by atoms with E-state index in [1.54, 1.807) is 0 Å². The van der Waals surface area contributed by atoms with Crippen molar-refractivity contribution in [2.45, 2.75) is 25.8 Å². The highest BCUT2D eigenvalue weighted by Crippen LogP contribution is 2.17. The van der Waals surface area contributed by atoms with Gasteiger partial charge in [0.1, 0.15) is 0 Å². The number of hydrogen-bond donors (Lipinski definition) is 1. The van der Waals surface area contributed by atoms with Crippen molar-refractivity contribution in [1.29, 1.82) is 0 Å². The van der Waals surface area contributed by atoms with Gasteiger partial charge in [-0.3, -0.25) is 9.59 Å². The Labute approximate surface area is 140 Å². The minimum atomic E-state index is -0.0308. The molecule has 0 aliphatic carbocycles. The predicted molar refractivity (Wildman–Crippen MR) is 91.9 cm³/mol. The second-order valence-electron chi connectivity index (χ2n) is 5.89. The van der Waals surface area contributed by atoms with Crippen molar-refractivity contribution in [3.8, 4) is 0 Å². The van der Waals surface area contributed by atoms with Crippen LogP contribution in [-0.4, -0.2) is 35.8 Å². The Balaban J connectivity index is 1.53. The van der Waals surface area contributed by atoms with Gasteiger partial charge < -0.3 is 10.2 Å². The fraction of sp³-hybridized carbons (Fsp3) is 0.333. The molecule has 0 unspecified atom stereocenters. The standard InChI is InChI=1S/C18H20N2O2S/c1-13-4-2-5-14(12-13)17(21)19-15-7-9-20(10-8-15)18(22)16-6-3-11-23-16/h2-6,11-12,15H,7-10H2,1H3,(H,19,21). The van der Waals surface area contributed by atoms with Crippen LogP contribution in [0.3, 0.4) is 0 Å². The molecule has 1 aliphatic heterocycles. The Morgan fingerprint density at radius 3 is 2.61 bits per heavy atom. The van der Waals surface area contributed by atoms with Crippen LogP contribution in [0.15, 0.2) is 41.8 Å². The number of rotatable bonds is 3. The van der Waals surface area contributed by atoms with E-state index in [9.17, 15) is 9.59 Å². The fourth-order valence-corrected chi connectivity index (χ4v) is 3.53. The number of benzene rings is 1. The third kappa shape index (κ3) is 3.79. The molecule has 120 valence electrons. The number of piperidine rings is 1. The molecular formula is C18H20N2O2S. The third-order valence-corrected chi connectivity index (χ3v) is 4.99. The van der Waals surface area contributed by atoms with Crippen molar-refractivity contribution in [3.05, 3.63) is 57.8 Å². The minimum Gasteiger partial charge on any atom is -0.349 e. The van der Waals surface area contributed by atoms with E-state index in [0.29, 0.717) is 18.7 Å². The van der Waals surface area contributed by atoms with Gasteiger partial charge in [-0.15, -0.1) is 11.3 Å². The number of likely N-dealkylation sites (tertiary alicyclic amines) is 1. The summed E-state index contributed by atoms with van der Waals surface area (Å²) < 4.78 is 0. The lowest BCUT2D eigenvalue weighted by Crippen LogP contribution is -2.46.